The van der Waals surface area contributed by atoms with Crippen molar-refractivity contribution >= 4 is 22.9 Å². The van der Waals surface area contributed by atoms with E-state index in [0.29, 0.717) is 19.4 Å². The second kappa shape index (κ2) is 5.33. The largest absolute Gasteiger partial charge is 0.481 e. The zero-order valence-corrected chi connectivity index (χ0v) is 13.7. The molecule has 1 aromatic heterocycles. The third kappa shape index (κ3) is 2.46. The molecule has 0 radical (unpaired) electrons. The number of carboxylic acids is 1. The highest BCUT2D eigenvalue weighted by atomic mass is 16.4. The SMILES string of the molecule is Cc1ccc2nc(C3CCCN3C(=O)CC3(C(=O)O)CC3)[nH]c2c1. The maximum atomic E-state index is 12.7. The van der Waals surface area contributed by atoms with Crippen LogP contribution in [0.1, 0.15) is 49.5 Å². The minimum absolute atomic E-state index is 0.0611. The standard InChI is InChI=1S/C18H21N3O3/c1-11-4-5-12-13(9-11)20-16(19-12)14-3-2-8-21(14)15(22)10-18(6-7-18)17(23)24/h4-5,9,14H,2-3,6-8,10H2,1H3,(H,19,20)(H,23,24). The summed E-state index contributed by atoms with van der Waals surface area (Å²) >= 11 is 0. The number of hydrogen-bond acceptors (Lipinski definition) is 3. The lowest BCUT2D eigenvalue weighted by Crippen LogP contribution is -2.34. The zero-order valence-electron chi connectivity index (χ0n) is 13.7. The fourth-order valence-electron chi connectivity index (χ4n) is 3.66. The average molecular weight is 327 g/mol. The summed E-state index contributed by atoms with van der Waals surface area (Å²) in [5.41, 5.74) is 2.23. The van der Waals surface area contributed by atoms with E-state index in [2.05, 4.69) is 16.0 Å². The molecule has 4 rings (SSSR count). The fraction of sp³-hybridized carbons (Fsp3) is 0.500. The smallest absolute Gasteiger partial charge is 0.310 e. The molecule has 1 unspecified atom stereocenters. The number of hydrogen-bond donors (Lipinski definition) is 2. The van der Waals surface area contributed by atoms with Gasteiger partial charge in [0.1, 0.15) is 5.82 Å². The number of carboxylic acid groups (broad SMARTS) is 1. The first-order valence-electron chi connectivity index (χ1n) is 8.48. The maximum Gasteiger partial charge on any atom is 0.310 e. The van der Waals surface area contributed by atoms with Gasteiger partial charge >= 0.3 is 5.97 Å². The van der Waals surface area contributed by atoms with Gasteiger partial charge in [-0.1, -0.05) is 6.07 Å². The monoisotopic (exact) mass is 327 g/mol. The molecule has 6 heteroatoms. The second-order valence-corrected chi connectivity index (χ2v) is 7.15. The van der Waals surface area contributed by atoms with Gasteiger partial charge in [-0.15, -0.1) is 0 Å². The van der Waals surface area contributed by atoms with Crippen molar-refractivity contribution in [1.82, 2.24) is 14.9 Å². The summed E-state index contributed by atoms with van der Waals surface area (Å²) in [5, 5.41) is 9.31. The van der Waals surface area contributed by atoms with Crippen molar-refractivity contribution in [2.45, 2.75) is 45.1 Å². The van der Waals surface area contributed by atoms with E-state index < -0.39 is 11.4 Å². The van der Waals surface area contributed by atoms with Gasteiger partial charge in [-0.3, -0.25) is 9.59 Å². The predicted octanol–water partition coefficient (Wildman–Crippen LogP) is 2.79. The Morgan fingerprint density at radius 3 is 2.92 bits per heavy atom. The van der Waals surface area contributed by atoms with Crippen molar-refractivity contribution in [3.63, 3.8) is 0 Å². The highest BCUT2D eigenvalue weighted by molar-refractivity contribution is 5.87. The highest BCUT2D eigenvalue weighted by Gasteiger charge is 2.52. The maximum absolute atomic E-state index is 12.7. The third-order valence-corrected chi connectivity index (χ3v) is 5.34. The van der Waals surface area contributed by atoms with Gasteiger partial charge in [0.25, 0.3) is 0 Å². The number of likely N-dealkylation sites (tertiary alicyclic amines) is 1. The number of aromatic nitrogens is 2. The number of fused-ring (bicyclic) bond motifs is 1. The van der Waals surface area contributed by atoms with Crippen LogP contribution in [0.3, 0.4) is 0 Å². The van der Waals surface area contributed by atoms with E-state index in [0.717, 1.165) is 35.3 Å². The van der Waals surface area contributed by atoms with Crippen LogP contribution in [0, 0.1) is 12.3 Å². The number of aliphatic carboxylic acids is 1. The van der Waals surface area contributed by atoms with Gasteiger partial charge in [-0.2, -0.15) is 0 Å². The number of aromatic amines is 1. The molecule has 1 aromatic carbocycles. The number of carbonyl (C=O) groups is 2. The Labute approximate surface area is 139 Å². The molecular formula is C18H21N3O3. The first-order valence-corrected chi connectivity index (χ1v) is 8.48. The summed E-state index contributed by atoms with van der Waals surface area (Å²) in [4.78, 5) is 33.8. The normalized spacial score (nSPS) is 22.0. The van der Waals surface area contributed by atoms with Crippen molar-refractivity contribution in [3.05, 3.63) is 29.6 Å². The van der Waals surface area contributed by atoms with Crippen LogP contribution in [0.5, 0.6) is 0 Å². The van der Waals surface area contributed by atoms with E-state index in [1.807, 2.05) is 24.0 Å². The Hall–Kier alpha value is -2.37. The number of benzene rings is 1. The molecule has 1 atom stereocenters. The van der Waals surface area contributed by atoms with E-state index >= 15 is 0 Å². The second-order valence-electron chi connectivity index (χ2n) is 7.15. The van der Waals surface area contributed by atoms with Crippen LogP contribution in [0.25, 0.3) is 11.0 Å². The molecule has 2 fully saturated rings. The molecular weight excluding hydrogens is 306 g/mol. The van der Waals surface area contributed by atoms with Crippen LogP contribution in [-0.4, -0.2) is 38.4 Å². The van der Waals surface area contributed by atoms with E-state index in [9.17, 15) is 14.7 Å². The van der Waals surface area contributed by atoms with Crippen molar-refractivity contribution in [3.8, 4) is 0 Å². The summed E-state index contributed by atoms with van der Waals surface area (Å²) in [6.45, 7) is 2.71. The average Bonchev–Trinajstić information content (AvgIpc) is 2.98. The third-order valence-electron chi connectivity index (χ3n) is 5.34. The zero-order chi connectivity index (χ0) is 16.9. The summed E-state index contributed by atoms with van der Waals surface area (Å²) in [7, 11) is 0. The Kier molecular flexibility index (Phi) is 3.37. The van der Waals surface area contributed by atoms with Crippen LogP contribution in [0.15, 0.2) is 18.2 Å². The minimum Gasteiger partial charge on any atom is -0.481 e. The number of carbonyl (C=O) groups excluding carboxylic acids is 1. The lowest BCUT2D eigenvalue weighted by Gasteiger charge is -2.24. The predicted molar refractivity (Wildman–Crippen MR) is 88.4 cm³/mol. The highest BCUT2D eigenvalue weighted by Crippen LogP contribution is 2.50. The number of nitrogens with zero attached hydrogens (tertiary/aromatic N) is 2. The minimum atomic E-state index is -0.842. The van der Waals surface area contributed by atoms with E-state index in [4.69, 9.17) is 0 Å². The molecule has 1 aliphatic heterocycles. The molecule has 24 heavy (non-hydrogen) atoms. The van der Waals surface area contributed by atoms with Crippen LogP contribution in [-0.2, 0) is 9.59 Å². The van der Waals surface area contributed by atoms with Crippen LogP contribution in [0.4, 0.5) is 0 Å². The van der Waals surface area contributed by atoms with Gasteiger partial charge in [0.2, 0.25) is 5.91 Å². The van der Waals surface area contributed by atoms with Gasteiger partial charge in [0.15, 0.2) is 0 Å². The summed E-state index contributed by atoms with van der Waals surface area (Å²) in [6.07, 6.45) is 3.11. The Balaban J connectivity index is 1.57. The van der Waals surface area contributed by atoms with Gasteiger partial charge in [-0.05, 0) is 50.3 Å². The van der Waals surface area contributed by atoms with Crippen molar-refractivity contribution in [1.29, 1.82) is 0 Å². The number of nitrogens with one attached hydrogen (secondary N) is 1. The van der Waals surface area contributed by atoms with Gasteiger partial charge in [0, 0.05) is 13.0 Å². The molecule has 1 amide bonds. The van der Waals surface area contributed by atoms with Crippen LogP contribution in [0.2, 0.25) is 0 Å². The Morgan fingerprint density at radius 2 is 2.21 bits per heavy atom. The van der Waals surface area contributed by atoms with Crippen LogP contribution < -0.4 is 0 Å². The number of H-pyrrole nitrogens is 1. The summed E-state index contributed by atoms with van der Waals surface area (Å²) in [6, 6.07) is 5.98. The molecule has 1 saturated heterocycles. The molecule has 0 bridgehead atoms. The molecule has 0 spiro atoms. The van der Waals surface area contributed by atoms with Crippen molar-refractivity contribution in [2.24, 2.45) is 5.41 Å². The number of amides is 1. The number of imidazole rings is 1. The van der Waals surface area contributed by atoms with Gasteiger partial charge < -0.3 is 15.0 Å². The van der Waals surface area contributed by atoms with E-state index in [1.165, 1.54) is 0 Å². The van der Waals surface area contributed by atoms with Gasteiger partial charge in [-0.25, -0.2) is 4.98 Å². The molecule has 1 saturated carbocycles. The lowest BCUT2D eigenvalue weighted by molar-refractivity contribution is -0.148. The molecule has 6 nitrogen and oxygen atoms in total. The van der Waals surface area contributed by atoms with Crippen molar-refractivity contribution < 1.29 is 14.7 Å². The van der Waals surface area contributed by atoms with Crippen LogP contribution >= 0.6 is 0 Å². The summed E-state index contributed by atoms with van der Waals surface area (Å²) < 4.78 is 0. The number of aryl methyl sites for hydroxylation is 1. The van der Waals surface area contributed by atoms with Crippen molar-refractivity contribution in [2.75, 3.05) is 6.54 Å². The Bertz CT molecular complexity index is 822. The summed E-state index contributed by atoms with van der Waals surface area (Å²) in [5.74, 6) is -0.0959. The Morgan fingerprint density at radius 1 is 1.42 bits per heavy atom. The molecule has 2 aliphatic rings. The first kappa shape index (κ1) is 15.2. The topological polar surface area (TPSA) is 86.3 Å². The van der Waals surface area contributed by atoms with Gasteiger partial charge in [0.05, 0.1) is 22.5 Å². The molecule has 1 aliphatic carbocycles. The molecule has 2 aromatic rings. The quantitative estimate of drug-likeness (QED) is 0.904. The number of rotatable bonds is 4. The molecule has 2 N–H and O–H groups in total. The molecule has 2 heterocycles. The molecule has 126 valence electrons. The fourth-order valence-corrected chi connectivity index (χ4v) is 3.66. The lowest BCUT2D eigenvalue weighted by atomic mass is 10.0. The van der Waals surface area contributed by atoms with E-state index in [-0.39, 0.29) is 18.4 Å². The first-order chi connectivity index (χ1) is 11.5. The van der Waals surface area contributed by atoms with E-state index in [1.54, 1.807) is 0 Å².